The Morgan fingerprint density at radius 2 is 2.00 bits per heavy atom. The fraction of sp³-hybridized carbons (Fsp3) is 0.188. The molecule has 0 heterocycles. The van der Waals surface area contributed by atoms with Crippen LogP contribution in [0, 0.1) is 13.8 Å². The third-order valence-corrected chi connectivity index (χ3v) is 3.31. The van der Waals surface area contributed by atoms with Crippen LogP contribution in [0.3, 0.4) is 0 Å². The summed E-state index contributed by atoms with van der Waals surface area (Å²) in [5, 5.41) is 3.33. The van der Waals surface area contributed by atoms with Crippen molar-refractivity contribution in [3.8, 4) is 5.75 Å². The van der Waals surface area contributed by atoms with Crippen molar-refractivity contribution in [2.24, 2.45) is 0 Å². The van der Waals surface area contributed by atoms with Crippen molar-refractivity contribution in [1.29, 1.82) is 0 Å². The van der Waals surface area contributed by atoms with Gasteiger partial charge in [-0.3, -0.25) is 4.79 Å². The lowest BCUT2D eigenvalue weighted by Crippen LogP contribution is -2.21. The van der Waals surface area contributed by atoms with Gasteiger partial charge in [0.25, 0.3) is 5.91 Å². The quantitative estimate of drug-likeness (QED) is 0.849. The molecule has 0 fully saturated rings. The molecule has 0 aliphatic heterocycles. The monoisotopic (exact) mass is 304 g/mol. The van der Waals surface area contributed by atoms with Gasteiger partial charge in [0.05, 0.1) is 11.4 Å². The van der Waals surface area contributed by atoms with Crippen molar-refractivity contribution in [2.45, 2.75) is 13.8 Å². The molecule has 3 N–H and O–H groups in total. The molecule has 0 aromatic heterocycles. The van der Waals surface area contributed by atoms with Gasteiger partial charge in [-0.15, -0.1) is 0 Å². The van der Waals surface area contributed by atoms with Crippen LogP contribution in [0.5, 0.6) is 5.75 Å². The largest absolute Gasteiger partial charge is 0.483 e. The van der Waals surface area contributed by atoms with Gasteiger partial charge in [0.2, 0.25) is 0 Å². The normalized spacial score (nSPS) is 10.2. The van der Waals surface area contributed by atoms with E-state index in [9.17, 15) is 4.79 Å². The molecule has 0 bridgehead atoms. The molecule has 4 nitrogen and oxygen atoms in total. The van der Waals surface area contributed by atoms with E-state index in [2.05, 4.69) is 5.32 Å². The van der Waals surface area contributed by atoms with E-state index in [1.807, 2.05) is 32.0 Å². The number of carbonyl (C=O) groups excluding carboxylic acids is 1. The Kier molecular flexibility index (Phi) is 4.70. The van der Waals surface area contributed by atoms with Gasteiger partial charge < -0.3 is 15.8 Å². The Bertz CT molecular complexity index is 651. The van der Waals surface area contributed by atoms with Crippen LogP contribution < -0.4 is 15.8 Å². The summed E-state index contributed by atoms with van der Waals surface area (Å²) in [6.45, 7) is 3.67. The molecule has 5 heteroatoms. The van der Waals surface area contributed by atoms with Crippen LogP contribution in [0.4, 0.5) is 11.4 Å². The number of nitrogens with one attached hydrogen (secondary N) is 1. The van der Waals surface area contributed by atoms with Crippen LogP contribution in [0.1, 0.15) is 11.1 Å². The maximum atomic E-state index is 12.0. The van der Waals surface area contributed by atoms with Crippen LogP contribution in [-0.2, 0) is 4.79 Å². The zero-order valence-corrected chi connectivity index (χ0v) is 12.7. The van der Waals surface area contributed by atoms with E-state index in [1.165, 1.54) is 0 Å². The zero-order chi connectivity index (χ0) is 15.4. The van der Waals surface area contributed by atoms with Crippen molar-refractivity contribution < 1.29 is 9.53 Å². The lowest BCUT2D eigenvalue weighted by molar-refractivity contribution is -0.118. The first-order valence-electron chi connectivity index (χ1n) is 6.51. The Hall–Kier alpha value is -2.20. The maximum Gasteiger partial charge on any atom is 0.262 e. The number of amides is 1. The van der Waals surface area contributed by atoms with Gasteiger partial charge in [0, 0.05) is 5.02 Å². The number of nitrogen functional groups attached to an aromatic ring is 1. The predicted molar refractivity (Wildman–Crippen MR) is 85.9 cm³/mol. The van der Waals surface area contributed by atoms with Crippen molar-refractivity contribution in [2.75, 3.05) is 17.7 Å². The van der Waals surface area contributed by atoms with Crippen LogP contribution in [0.15, 0.2) is 36.4 Å². The van der Waals surface area contributed by atoms with Crippen molar-refractivity contribution in [3.05, 3.63) is 52.5 Å². The summed E-state index contributed by atoms with van der Waals surface area (Å²) in [5.41, 5.74) is 8.82. The van der Waals surface area contributed by atoms with E-state index in [0.29, 0.717) is 22.1 Å². The number of anilines is 2. The Labute approximate surface area is 128 Å². The SMILES string of the molecule is Cc1ccc(Cl)cc1OCC(=O)Nc1c(C)cccc1N. The third kappa shape index (κ3) is 3.89. The molecule has 0 saturated carbocycles. The van der Waals surface area contributed by atoms with E-state index >= 15 is 0 Å². The Balaban J connectivity index is 2.01. The number of carbonyl (C=O) groups is 1. The topological polar surface area (TPSA) is 64.3 Å². The number of rotatable bonds is 4. The van der Waals surface area contributed by atoms with E-state index < -0.39 is 0 Å². The highest BCUT2D eigenvalue weighted by Gasteiger charge is 2.09. The van der Waals surface area contributed by atoms with Crippen LogP contribution in [-0.4, -0.2) is 12.5 Å². The predicted octanol–water partition coefficient (Wildman–Crippen LogP) is 3.56. The summed E-state index contributed by atoms with van der Waals surface area (Å²) < 4.78 is 5.49. The average Bonchev–Trinajstić information content (AvgIpc) is 2.44. The van der Waals surface area contributed by atoms with E-state index in [4.69, 9.17) is 22.1 Å². The number of para-hydroxylation sites is 1. The van der Waals surface area contributed by atoms with Crippen molar-refractivity contribution >= 4 is 28.9 Å². The molecule has 2 rings (SSSR count). The second kappa shape index (κ2) is 6.50. The molecule has 0 radical (unpaired) electrons. The fourth-order valence-corrected chi connectivity index (χ4v) is 2.07. The van der Waals surface area contributed by atoms with Crippen LogP contribution >= 0.6 is 11.6 Å². The number of nitrogens with two attached hydrogens (primary N) is 1. The summed E-state index contributed by atoms with van der Waals surface area (Å²) in [6.07, 6.45) is 0. The van der Waals surface area contributed by atoms with Crippen LogP contribution in [0.25, 0.3) is 0 Å². The highest BCUT2D eigenvalue weighted by molar-refractivity contribution is 6.30. The average molecular weight is 305 g/mol. The fourth-order valence-electron chi connectivity index (χ4n) is 1.91. The molecule has 0 unspecified atom stereocenters. The van der Waals surface area contributed by atoms with Gasteiger partial charge in [0.1, 0.15) is 5.75 Å². The van der Waals surface area contributed by atoms with Crippen molar-refractivity contribution in [1.82, 2.24) is 0 Å². The van der Waals surface area contributed by atoms with Gasteiger partial charge in [-0.2, -0.15) is 0 Å². The molecule has 110 valence electrons. The summed E-state index contributed by atoms with van der Waals surface area (Å²) >= 11 is 5.91. The number of benzene rings is 2. The highest BCUT2D eigenvalue weighted by atomic mass is 35.5. The Morgan fingerprint density at radius 1 is 1.24 bits per heavy atom. The molecule has 0 spiro atoms. The molecular weight excluding hydrogens is 288 g/mol. The molecule has 0 saturated heterocycles. The first kappa shape index (κ1) is 15.2. The Morgan fingerprint density at radius 3 is 2.71 bits per heavy atom. The minimum Gasteiger partial charge on any atom is -0.483 e. The second-order valence-electron chi connectivity index (χ2n) is 4.79. The number of hydrogen-bond donors (Lipinski definition) is 2. The van der Waals surface area contributed by atoms with E-state index in [1.54, 1.807) is 18.2 Å². The minimum absolute atomic E-state index is 0.102. The zero-order valence-electron chi connectivity index (χ0n) is 11.9. The lowest BCUT2D eigenvalue weighted by Gasteiger charge is -2.12. The standard InChI is InChI=1S/C16H17ClN2O2/c1-10-6-7-12(17)8-14(10)21-9-15(20)19-16-11(2)4-3-5-13(16)18/h3-8H,9,18H2,1-2H3,(H,19,20). The minimum atomic E-state index is -0.268. The van der Waals surface area contributed by atoms with Crippen LogP contribution in [0.2, 0.25) is 5.02 Å². The second-order valence-corrected chi connectivity index (χ2v) is 5.22. The number of ether oxygens (including phenoxy) is 1. The molecule has 1 amide bonds. The van der Waals surface area contributed by atoms with E-state index in [0.717, 1.165) is 11.1 Å². The molecule has 2 aromatic carbocycles. The molecular formula is C16H17ClN2O2. The molecule has 0 atom stereocenters. The highest BCUT2D eigenvalue weighted by Crippen LogP contribution is 2.24. The molecule has 2 aromatic rings. The van der Waals surface area contributed by atoms with E-state index in [-0.39, 0.29) is 12.5 Å². The molecule has 0 aliphatic carbocycles. The first-order valence-corrected chi connectivity index (χ1v) is 6.89. The lowest BCUT2D eigenvalue weighted by atomic mass is 10.1. The van der Waals surface area contributed by atoms with Gasteiger partial charge in [-0.05, 0) is 43.2 Å². The number of hydrogen-bond acceptors (Lipinski definition) is 3. The summed E-state index contributed by atoms with van der Waals surface area (Å²) in [5.74, 6) is 0.325. The van der Waals surface area contributed by atoms with Gasteiger partial charge in [-0.25, -0.2) is 0 Å². The van der Waals surface area contributed by atoms with Gasteiger partial charge in [0.15, 0.2) is 6.61 Å². The van der Waals surface area contributed by atoms with Crippen molar-refractivity contribution in [3.63, 3.8) is 0 Å². The third-order valence-electron chi connectivity index (χ3n) is 3.08. The summed E-state index contributed by atoms with van der Waals surface area (Å²) in [6, 6.07) is 10.8. The first-order chi connectivity index (χ1) is 9.97. The summed E-state index contributed by atoms with van der Waals surface area (Å²) in [4.78, 5) is 12.0. The van der Waals surface area contributed by atoms with Gasteiger partial charge in [-0.1, -0.05) is 29.8 Å². The number of aryl methyl sites for hydroxylation is 2. The maximum absolute atomic E-state index is 12.0. The summed E-state index contributed by atoms with van der Waals surface area (Å²) in [7, 11) is 0. The van der Waals surface area contributed by atoms with Gasteiger partial charge >= 0.3 is 0 Å². The molecule has 21 heavy (non-hydrogen) atoms. The molecule has 0 aliphatic rings. The number of halogens is 1. The smallest absolute Gasteiger partial charge is 0.262 e.